The molecule has 0 radical (unpaired) electrons. The van der Waals surface area contributed by atoms with Crippen molar-refractivity contribution in [3.05, 3.63) is 0 Å². The first kappa shape index (κ1) is 80.9. The zero-order valence-corrected chi connectivity index (χ0v) is 51.8. The van der Waals surface area contributed by atoms with Crippen molar-refractivity contribution in [2.45, 2.75) is 183 Å². The van der Waals surface area contributed by atoms with Crippen LogP contribution in [0.4, 0.5) is 0 Å². The van der Waals surface area contributed by atoms with E-state index in [-0.39, 0.29) is 102 Å². The number of aliphatic imine (C=N–C) groups is 2. The normalized spacial score (nSPS) is 15.8. The number of aliphatic hydroxyl groups is 3. The fourth-order valence-corrected chi connectivity index (χ4v) is 9.08. The number of carbonyl (C=O) groups is 14. The van der Waals surface area contributed by atoms with Gasteiger partial charge in [-0.3, -0.25) is 72.3 Å². The van der Waals surface area contributed by atoms with Crippen LogP contribution in [-0.2, 0) is 67.1 Å². The molecule has 0 aromatic heterocycles. The molecule has 11 atom stereocenters. The Morgan fingerprint density at radius 1 is 0.446 bits per heavy atom. The summed E-state index contributed by atoms with van der Waals surface area (Å²) in [5.74, 6) is -14.8. The van der Waals surface area contributed by atoms with Crippen molar-refractivity contribution >= 4 is 94.7 Å². The lowest BCUT2D eigenvalue weighted by Gasteiger charge is -2.31. The van der Waals surface area contributed by atoms with E-state index >= 15 is 0 Å². The highest BCUT2D eigenvalue weighted by Crippen LogP contribution is 2.21. The summed E-state index contributed by atoms with van der Waals surface area (Å²) in [6, 6.07) is -17.2. The molecule has 0 saturated carbocycles. The number of aliphatic hydroxyl groups excluding tert-OH is 3. The minimum Gasteiger partial charge on any atom is -0.480 e. The fraction of sp³-hybridized carbons (Fsp3) is 0.698. The molecular weight excluding hydrogens is 1220 g/mol. The molecule has 1 fully saturated rings. The van der Waals surface area contributed by atoms with Gasteiger partial charge in [-0.05, 0) is 110 Å². The molecule has 1 heterocycles. The van der Waals surface area contributed by atoms with Gasteiger partial charge in [0, 0.05) is 39.4 Å². The number of nitrogens with one attached hydrogen (secondary N) is 10. The first-order valence-electron chi connectivity index (χ1n) is 29.9. The number of amides is 13. The lowest BCUT2D eigenvalue weighted by molar-refractivity contribution is -0.143. The first-order valence-corrected chi connectivity index (χ1v) is 29.9. The quantitative estimate of drug-likeness (QED) is 0.0153. The van der Waals surface area contributed by atoms with E-state index in [0.29, 0.717) is 19.3 Å². The SMILES string of the molecule is CC(=O)N[C@@H](C)C(=O)N[C@@H](CO)C(=O)N[C@@H](CCC(N)=O)C(=O)N[C@@H](CCCCN)C(=O)N[C@@H](CCCN=C(N)N)C(=O)N1CCC[C@H]1C(=O)N[C@@H](CO)C(=O)N[C@@H](CCC(N)=O)C(=O)N[C@@H](CCCN=C(N)N)C(=O)N[C@@H](CO)C(=O)N[C@@H](CCCCN)C(=O)O. The van der Waals surface area contributed by atoms with E-state index in [1.165, 1.54) is 6.92 Å². The molecule has 30 N–H and O–H groups in total. The van der Waals surface area contributed by atoms with Gasteiger partial charge in [0.1, 0.15) is 66.5 Å². The van der Waals surface area contributed by atoms with Gasteiger partial charge in [0.05, 0.1) is 19.8 Å². The van der Waals surface area contributed by atoms with E-state index in [0.717, 1.165) is 11.8 Å². The van der Waals surface area contributed by atoms with Crippen LogP contribution in [0.15, 0.2) is 9.98 Å². The zero-order chi connectivity index (χ0) is 69.6. The number of guanidine groups is 2. The summed E-state index contributed by atoms with van der Waals surface area (Å²) < 4.78 is 0. The molecule has 0 spiro atoms. The number of carboxylic acid groups (broad SMARTS) is 1. The highest BCUT2D eigenvalue weighted by molar-refractivity contribution is 5.99. The summed E-state index contributed by atoms with van der Waals surface area (Å²) >= 11 is 0. The molecule has 520 valence electrons. The van der Waals surface area contributed by atoms with E-state index < -0.39 is 195 Å². The second kappa shape index (κ2) is 43.6. The van der Waals surface area contributed by atoms with Crippen LogP contribution in [-0.4, -0.2) is 239 Å². The molecule has 0 unspecified atom stereocenters. The predicted molar refractivity (Wildman–Crippen MR) is 327 cm³/mol. The highest BCUT2D eigenvalue weighted by Gasteiger charge is 2.41. The minimum atomic E-state index is -1.87. The lowest BCUT2D eigenvalue weighted by Crippen LogP contribution is -2.61. The molecule has 92 heavy (non-hydrogen) atoms. The summed E-state index contributed by atoms with van der Waals surface area (Å²) in [7, 11) is 0. The van der Waals surface area contributed by atoms with E-state index in [2.05, 4.69) is 63.2 Å². The summed E-state index contributed by atoms with van der Waals surface area (Å²) in [6.07, 6.45) is -1.06. The topological polar surface area (TPSA) is 676 Å². The van der Waals surface area contributed by atoms with Crippen molar-refractivity contribution in [1.29, 1.82) is 0 Å². The van der Waals surface area contributed by atoms with E-state index in [9.17, 15) is 87.5 Å². The third-order valence-electron chi connectivity index (χ3n) is 14.0. The maximum atomic E-state index is 14.6. The summed E-state index contributed by atoms with van der Waals surface area (Å²) in [6.45, 7) is -0.519. The van der Waals surface area contributed by atoms with Crippen LogP contribution in [0.25, 0.3) is 0 Å². The maximum absolute atomic E-state index is 14.6. The Hall–Kier alpha value is -9.08. The molecule has 13 amide bonds. The van der Waals surface area contributed by atoms with Gasteiger partial charge in [-0.2, -0.15) is 0 Å². The summed E-state index contributed by atoms with van der Waals surface area (Å²) in [4.78, 5) is 194. The van der Waals surface area contributed by atoms with Gasteiger partial charge in [0.2, 0.25) is 76.8 Å². The number of hydrogen-bond donors (Lipinski definition) is 22. The molecule has 0 bridgehead atoms. The average Bonchev–Trinajstić information content (AvgIpc) is 1.62. The van der Waals surface area contributed by atoms with Gasteiger partial charge in [-0.1, -0.05) is 0 Å². The number of likely N-dealkylation sites (tertiary alicyclic amines) is 1. The largest absolute Gasteiger partial charge is 0.480 e. The standard InChI is InChI=1S/C53H95N21O18/c1-27(64-28(2)78)41(81)71-35(24-75)46(86)67-31(15-17-39(56)79)44(84)65-29(10-3-5-19-54)42(82)69-33(13-8-22-63-53(60)61)50(90)74-23-9-14-38(74)49(89)73-37(26-77)47(87)68-32(16-18-40(57)80)45(85)66-30(12-7-21-62-52(58)59)43(83)72-36(25-76)48(88)70-34(51(91)92)11-4-6-20-55/h27,29-38,75-77H,3-26,54-55H2,1-2H3,(H2,56,79)(H2,57,80)(H,64,78)(H,65,84)(H,66,85)(H,67,86)(H,68,87)(H,69,82)(H,70,88)(H,71,81)(H,72,83)(H,73,89)(H,91,92)(H4,58,59,62)(H4,60,61,63)/t27-,29-,30-,31-,32-,33-,34-,35-,36-,37-,38-/m0/s1. The number of hydrogen-bond acceptors (Lipinski definition) is 21. The second-order valence-electron chi connectivity index (χ2n) is 21.5. The number of carbonyl (C=O) groups excluding carboxylic acids is 13. The van der Waals surface area contributed by atoms with Crippen molar-refractivity contribution in [2.24, 2.45) is 55.9 Å². The van der Waals surface area contributed by atoms with Gasteiger partial charge in [0.15, 0.2) is 11.9 Å². The molecule has 1 rings (SSSR count). The fourth-order valence-electron chi connectivity index (χ4n) is 9.08. The van der Waals surface area contributed by atoms with E-state index in [1.807, 2.05) is 0 Å². The minimum absolute atomic E-state index is 0.00217. The Kier molecular flexibility index (Phi) is 38.4. The maximum Gasteiger partial charge on any atom is 0.326 e. The van der Waals surface area contributed by atoms with Crippen molar-refractivity contribution in [2.75, 3.05) is 52.5 Å². The molecule has 39 heteroatoms. The van der Waals surface area contributed by atoms with Crippen molar-refractivity contribution < 1.29 is 87.5 Å². The van der Waals surface area contributed by atoms with Crippen LogP contribution in [0.1, 0.15) is 117 Å². The van der Waals surface area contributed by atoms with Crippen LogP contribution < -0.4 is 99.0 Å². The third-order valence-corrected chi connectivity index (χ3v) is 14.0. The summed E-state index contributed by atoms with van der Waals surface area (Å²) in [5.41, 5.74) is 43.8. The van der Waals surface area contributed by atoms with Crippen molar-refractivity contribution in [3.8, 4) is 0 Å². The monoisotopic (exact) mass is 1310 g/mol. The van der Waals surface area contributed by atoms with Crippen LogP contribution in [0.5, 0.6) is 0 Å². The van der Waals surface area contributed by atoms with Crippen LogP contribution in [0, 0.1) is 0 Å². The Balaban J connectivity index is 3.57. The first-order chi connectivity index (χ1) is 43.4. The van der Waals surface area contributed by atoms with E-state index in [4.69, 9.17) is 45.9 Å². The van der Waals surface area contributed by atoms with Gasteiger partial charge in [0.25, 0.3) is 0 Å². The second-order valence-corrected chi connectivity index (χ2v) is 21.5. The Labute approximate surface area is 530 Å². The summed E-state index contributed by atoms with van der Waals surface area (Å²) in [5, 5.41) is 63.8. The van der Waals surface area contributed by atoms with Crippen LogP contribution >= 0.6 is 0 Å². The number of nitrogens with two attached hydrogens (primary N) is 8. The number of carboxylic acids is 1. The van der Waals surface area contributed by atoms with Crippen molar-refractivity contribution in [3.63, 3.8) is 0 Å². The number of rotatable bonds is 46. The molecule has 0 aliphatic carbocycles. The Morgan fingerprint density at radius 2 is 0.783 bits per heavy atom. The molecule has 39 nitrogen and oxygen atoms in total. The Morgan fingerprint density at radius 3 is 1.16 bits per heavy atom. The number of aliphatic carboxylic acids is 1. The number of primary amides is 2. The molecule has 1 aliphatic rings. The average molecular weight is 1310 g/mol. The molecule has 0 aromatic rings. The van der Waals surface area contributed by atoms with Crippen LogP contribution in [0.2, 0.25) is 0 Å². The zero-order valence-electron chi connectivity index (χ0n) is 51.8. The predicted octanol–water partition coefficient (Wildman–Crippen LogP) is -11.2. The van der Waals surface area contributed by atoms with Gasteiger partial charge in [-0.15, -0.1) is 0 Å². The Bertz CT molecular complexity index is 2570. The third kappa shape index (κ3) is 31.1. The molecular formula is C53H95N21O18. The van der Waals surface area contributed by atoms with Crippen LogP contribution in [0.3, 0.4) is 0 Å². The molecule has 0 aromatic carbocycles. The molecule has 1 aliphatic heterocycles. The molecule has 1 saturated heterocycles. The lowest BCUT2D eigenvalue weighted by atomic mass is 10.0. The smallest absolute Gasteiger partial charge is 0.326 e. The number of unbranched alkanes of at least 4 members (excludes halogenated alkanes) is 2. The highest BCUT2D eigenvalue weighted by atomic mass is 16.4. The van der Waals surface area contributed by atoms with Crippen molar-refractivity contribution in [1.82, 2.24) is 58.1 Å². The van der Waals surface area contributed by atoms with Gasteiger partial charge >= 0.3 is 5.97 Å². The van der Waals surface area contributed by atoms with Gasteiger partial charge < -0.3 is 124 Å². The van der Waals surface area contributed by atoms with Gasteiger partial charge in [-0.25, -0.2) is 4.79 Å². The number of nitrogens with zero attached hydrogens (tertiary/aromatic N) is 3. The van der Waals surface area contributed by atoms with E-state index in [1.54, 1.807) is 0 Å².